The molecule has 3 rings (SSSR count). The van der Waals surface area contributed by atoms with Crippen molar-refractivity contribution in [3.05, 3.63) is 79.8 Å². The van der Waals surface area contributed by atoms with Crippen LogP contribution in [0.5, 0.6) is 0 Å². The maximum atomic E-state index is 11.5. The molecule has 2 atom stereocenters. The van der Waals surface area contributed by atoms with E-state index in [0.717, 1.165) is 18.6 Å². The van der Waals surface area contributed by atoms with Crippen LogP contribution in [-0.2, 0) is 0 Å². The zero-order valence-electron chi connectivity index (χ0n) is 13.0. The highest BCUT2D eigenvalue weighted by Gasteiger charge is 2.38. The molecule has 1 aromatic heterocycles. The summed E-state index contributed by atoms with van der Waals surface area (Å²) in [6, 6.07) is 3.30. The van der Waals surface area contributed by atoms with Gasteiger partial charge in [0.15, 0.2) is 5.76 Å². The molecule has 1 amide bonds. The number of carbonyl (C=O) groups excluding carboxylic acids is 1. The average molecular weight is 308 g/mol. The van der Waals surface area contributed by atoms with E-state index in [1.165, 1.54) is 6.26 Å². The molecule has 1 N–H and O–H groups in total. The first-order chi connectivity index (χ1) is 11.3. The van der Waals surface area contributed by atoms with Crippen molar-refractivity contribution >= 4 is 11.6 Å². The van der Waals surface area contributed by atoms with Gasteiger partial charge in [0, 0.05) is 11.6 Å². The first-order valence-corrected chi connectivity index (χ1v) is 7.12. The lowest BCUT2D eigenvalue weighted by molar-refractivity contribution is 0.0926. The third-order valence-electron chi connectivity index (χ3n) is 3.39. The van der Waals surface area contributed by atoms with E-state index in [-0.39, 0.29) is 5.91 Å². The third-order valence-corrected chi connectivity index (χ3v) is 3.39. The lowest BCUT2D eigenvalue weighted by atomic mass is 9.74. The summed E-state index contributed by atoms with van der Waals surface area (Å²) in [4.78, 5) is 11.5. The van der Waals surface area contributed by atoms with E-state index < -0.39 is 0 Å². The van der Waals surface area contributed by atoms with E-state index >= 15 is 0 Å². The number of carbonyl (C=O) groups is 1. The van der Waals surface area contributed by atoms with Gasteiger partial charge in [0.05, 0.1) is 6.26 Å². The number of nitrogens with one attached hydrogen (secondary N) is 1. The summed E-state index contributed by atoms with van der Waals surface area (Å²) >= 11 is 0. The molecule has 0 radical (unpaired) electrons. The van der Waals surface area contributed by atoms with Crippen LogP contribution in [0, 0.1) is 11.8 Å². The van der Waals surface area contributed by atoms with Crippen LogP contribution in [0.15, 0.2) is 83.6 Å². The minimum Gasteiger partial charge on any atom is -0.459 e. The maximum Gasteiger partial charge on any atom is 0.307 e. The molecule has 118 valence electrons. The minimum absolute atomic E-state index is 0.285. The van der Waals surface area contributed by atoms with Crippen molar-refractivity contribution in [3.63, 3.8) is 0 Å². The van der Waals surface area contributed by atoms with Gasteiger partial charge in [-0.3, -0.25) is 4.79 Å². The topological polar surface area (TPSA) is 54.6 Å². The summed E-state index contributed by atoms with van der Waals surface area (Å²) < 4.78 is 4.97. The Morgan fingerprint density at radius 1 is 1.35 bits per heavy atom. The molecule has 2 aliphatic carbocycles. The molecule has 4 nitrogen and oxygen atoms in total. The summed E-state index contributed by atoms with van der Waals surface area (Å²) in [6.45, 7) is 12.4. The lowest BCUT2D eigenvalue weighted by Crippen LogP contribution is -2.35. The second-order valence-electron chi connectivity index (χ2n) is 4.64. The smallest absolute Gasteiger partial charge is 0.307 e. The zero-order chi connectivity index (χ0) is 17.1. The Balaban J connectivity index is 0.000000327. The molecule has 1 saturated carbocycles. The van der Waals surface area contributed by atoms with Gasteiger partial charge in [-0.15, -0.1) is 13.2 Å². The summed E-state index contributed by atoms with van der Waals surface area (Å²) in [5, 5.41) is 4.15. The molecular weight excluding hydrogens is 288 g/mol. The Kier molecular flexibility index (Phi) is 7.71. The molecule has 0 aromatic carbocycles. The molecule has 0 bridgehead atoms. The highest BCUT2D eigenvalue weighted by Crippen LogP contribution is 2.40. The standard InChI is InChI=1S/C12H12N2O2.C5H4.C2H4/c15-12(11-5-2-6-16-11)14-13-10-7-8-3-1-4-9(8)10;1-3-5-4-2;1-2/h1-3,5-6,8-9H,4,7H2,(H,14,15);1-2H2;1-2H2/b13-10+;;. The number of furan rings is 1. The number of allylic oxidation sites excluding steroid dienone is 2. The van der Waals surface area contributed by atoms with Crippen molar-refractivity contribution in [1.82, 2.24) is 5.43 Å². The van der Waals surface area contributed by atoms with Crippen molar-refractivity contribution in [3.8, 4) is 0 Å². The van der Waals surface area contributed by atoms with Crippen LogP contribution >= 0.6 is 0 Å². The number of hydrazone groups is 1. The number of rotatable bonds is 2. The normalized spacial score (nSPS) is 21.0. The van der Waals surface area contributed by atoms with Crippen molar-refractivity contribution in [2.75, 3.05) is 0 Å². The van der Waals surface area contributed by atoms with Gasteiger partial charge in [0.25, 0.3) is 0 Å². The Bertz CT molecular complexity index is 669. The van der Waals surface area contributed by atoms with Crippen molar-refractivity contribution in [2.45, 2.75) is 12.8 Å². The molecule has 1 fully saturated rings. The van der Waals surface area contributed by atoms with E-state index in [1.54, 1.807) is 12.1 Å². The molecule has 23 heavy (non-hydrogen) atoms. The zero-order valence-corrected chi connectivity index (χ0v) is 13.0. The monoisotopic (exact) mass is 308 g/mol. The molecule has 0 saturated heterocycles. The maximum absolute atomic E-state index is 11.5. The SMILES string of the molecule is C=C.C=C=C=C=C.O=C(N/N=C1\CC2C=CCC12)c1ccco1. The Morgan fingerprint density at radius 3 is 2.61 bits per heavy atom. The fourth-order valence-electron chi connectivity index (χ4n) is 2.31. The number of hydrogen-bond acceptors (Lipinski definition) is 3. The summed E-state index contributed by atoms with van der Waals surface area (Å²) in [7, 11) is 0. The highest BCUT2D eigenvalue weighted by atomic mass is 16.3. The van der Waals surface area contributed by atoms with Gasteiger partial charge in [-0.2, -0.15) is 5.10 Å². The molecule has 2 aliphatic rings. The minimum atomic E-state index is -0.285. The average Bonchev–Trinajstić information content (AvgIpc) is 3.21. The van der Waals surface area contributed by atoms with Gasteiger partial charge in [-0.05, 0) is 49.8 Å². The van der Waals surface area contributed by atoms with Crippen molar-refractivity contribution in [2.24, 2.45) is 16.9 Å². The van der Waals surface area contributed by atoms with Crippen molar-refractivity contribution < 1.29 is 9.21 Å². The lowest BCUT2D eigenvalue weighted by Gasteiger charge is -2.31. The largest absolute Gasteiger partial charge is 0.459 e. The predicted octanol–water partition coefficient (Wildman–Crippen LogP) is 4.03. The second-order valence-corrected chi connectivity index (χ2v) is 4.64. The molecule has 1 aromatic rings. The number of amides is 1. The summed E-state index contributed by atoms with van der Waals surface area (Å²) in [6.07, 6.45) is 7.92. The molecular formula is C19H20N2O2. The van der Waals surface area contributed by atoms with Gasteiger partial charge in [-0.1, -0.05) is 23.6 Å². The van der Waals surface area contributed by atoms with Crippen LogP contribution in [0.4, 0.5) is 0 Å². The van der Waals surface area contributed by atoms with Gasteiger partial charge in [-0.25, -0.2) is 5.43 Å². The summed E-state index contributed by atoms with van der Waals surface area (Å²) in [5.74, 6) is 1.19. The van der Waals surface area contributed by atoms with Gasteiger partial charge in [0.2, 0.25) is 0 Å². The first kappa shape index (κ1) is 18.0. The van der Waals surface area contributed by atoms with Gasteiger partial charge in [0.1, 0.15) is 0 Å². The molecule has 4 heteroatoms. The fraction of sp³-hybridized carbons (Fsp3) is 0.211. The van der Waals surface area contributed by atoms with Crippen LogP contribution in [0.25, 0.3) is 0 Å². The highest BCUT2D eigenvalue weighted by molar-refractivity contribution is 5.96. The summed E-state index contributed by atoms with van der Waals surface area (Å²) in [5.41, 5.74) is 10.7. The van der Waals surface area contributed by atoms with E-state index in [4.69, 9.17) is 4.42 Å². The number of nitrogens with zero attached hydrogens (tertiary/aromatic N) is 1. The Labute approximate surface area is 136 Å². The van der Waals surface area contributed by atoms with Gasteiger partial charge < -0.3 is 4.42 Å². The predicted molar refractivity (Wildman–Crippen MR) is 92.0 cm³/mol. The van der Waals surface area contributed by atoms with E-state index in [1.807, 2.05) is 0 Å². The molecule has 1 heterocycles. The van der Waals surface area contributed by atoms with Crippen molar-refractivity contribution in [1.29, 1.82) is 0 Å². The second kappa shape index (κ2) is 9.83. The van der Waals surface area contributed by atoms with E-state index in [9.17, 15) is 4.79 Å². The van der Waals surface area contributed by atoms with Crippen LogP contribution < -0.4 is 5.43 Å². The third kappa shape index (κ3) is 5.03. The molecule has 0 spiro atoms. The Morgan fingerprint density at radius 2 is 2.09 bits per heavy atom. The fourth-order valence-corrected chi connectivity index (χ4v) is 2.31. The molecule has 0 aliphatic heterocycles. The van der Waals surface area contributed by atoms with Gasteiger partial charge >= 0.3 is 5.91 Å². The molecule has 2 unspecified atom stereocenters. The van der Waals surface area contributed by atoms with E-state index in [2.05, 4.69) is 66.2 Å². The van der Waals surface area contributed by atoms with Crippen LogP contribution in [0.3, 0.4) is 0 Å². The quantitative estimate of drug-likeness (QED) is 0.509. The number of hydrogen-bond donors (Lipinski definition) is 1. The first-order valence-electron chi connectivity index (χ1n) is 7.12. The van der Waals surface area contributed by atoms with Crippen LogP contribution in [0.1, 0.15) is 23.4 Å². The number of fused-ring (bicyclic) bond motifs is 1. The Hall–Kier alpha value is -3.02. The van der Waals surface area contributed by atoms with Crippen LogP contribution in [0.2, 0.25) is 0 Å². The van der Waals surface area contributed by atoms with Crippen LogP contribution in [-0.4, -0.2) is 11.6 Å². The van der Waals surface area contributed by atoms with E-state index in [0.29, 0.717) is 17.6 Å².